The van der Waals surface area contributed by atoms with Crippen LogP contribution in [-0.2, 0) is 13.1 Å². The van der Waals surface area contributed by atoms with Crippen molar-refractivity contribution >= 4 is 22.5 Å². The molecule has 44 heavy (non-hydrogen) atoms. The number of rotatable bonds is 11. The Hall–Kier alpha value is -4.01. The highest BCUT2D eigenvalue weighted by molar-refractivity contribution is 5.96. The molecule has 0 radical (unpaired) electrons. The molecule has 1 saturated heterocycles. The van der Waals surface area contributed by atoms with Gasteiger partial charge in [0.05, 0.1) is 41.6 Å². The van der Waals surface area contributed by atoms with Gasteiger partial charge in [-0.05, 0) is 45.0 Å². The Labute approximate surface area is 250 Å². The number of carbonyl (C=O) groups is 1. The lowest BCUT2D eigenvalue weighted by Gasteiger charge is -2.42. The van der Waals surface area contributed by atoms with Crippen LogP contribution < -0.4 is 10.6 Å². The fraction of sp³-hybridized carbons (Fsp3) is 0.517. The number of likely N-dealkylation sites (tertiary alicyclic amines) is 1. The summed E-state index contributed by atoms with van der Waals surface area (Å²) in [7, 11) is 1.87. The van der Waals surface area contributed by atoms with Gasteiger partial charge in [-0.15, -0.1) is 0 Å². The lowest BCUT2D eigenvalue weighted by atomic mass is 9.85. The van der Waals surface area contributed by atoms with E-state index in [1.54, 1.807) is 25.1 Å². The van der Waals surface area contributed by atoms with Crippen LogP contribution in [0.5, 0.6) is 0 Å². The second-order valence-corrected chi connectivity index (χ2v) is 11.4. The summed E-state index contributed by atoms with van der Waals surface area (Å²) in [4.78, 5) is 18.7. The van der Waals surface area contributed by atoms with Crippen LogP contribution in [0.3, 0.4) is 0 Å². The second kappa shape index (κ2) is 12.5. The van der Waals surface area contributed by atoms with E-state index in [1.807, 2.05) is 18.9 Å². The molecule has 1 aromatic carbocycles. The van der Waals surface area contributed by atoms with E-state index in [2.05, 4.69) is 25.9 Å². The number of halogens is 5. The Balaban J connectivity index is 1.41. The van der Waals surface area contributed by atoms with Gasteiger partial charge >= 0.3 is 6.18 Å². The van der Waals surface area contributed by atoms with E-state index in [1.165, 1.54) is 23.1 Å². The van der Waals surface area contributed by atoms with Gasteiger partial charge in [0.2, 0.25) is 11.7 Å². The molecule has 1 aliphatic rings. The number of piperidine rings is 1. The Kier molecular flexibility index (Phi) is 8.95. The van der Waals surface area contributed by atoms with Crippen LogP contribution in [0.15, 0.2) is 41.2 Å². The first kappa shape index (κ1) is 31.4. The van der Waals surface area contributed by atoms with Crippen molar-refractivity contribution in [3.8, 4) is 11.5 Å². The minimum atomic E-state index is -4.56. The zero-order chi connectivity index (χ0) is 31.6. The van der Waals surface area contributed by atoms with Crippen molar-refractivity contribution < 1.29 is 31.3 Å². The van der Waals surface area contributed by atoms with Gasteiger partial charge < -0.3 is 24.6 Å². The normalized spacial score (nSPS) is 20.2. The molecule has 5 rings (SSSR count). The number of fused-ring (bicyclic) bond motifs is 1. The van der Waals surface area contributed by atoms with Gasteiger partial charge in [-0.1, -0.05) is 24.6 Å². The summed E-state index contributed by atoms with van der Waals surface area (Å²) in [5, 5.41) is 14.2. The Morgan fingerprint density at radius 2 is 2.09 bits per heavy atom. The molecular formula is C29H35F5N8O2. The van der Waals surface area contributed by atoms with Crippen LogP contribution in [0.2, 0.25) is 0 Å². The number of amides is 1. The first-order valence-electron chi connectivity index (χ1n) is 14.4. The molecule has 4 heterocycles. The van der Waals surface area contributed by atoms with Crippen LogP contribution in [0.4, 0.5) is 27.6 Å². The van der Waals surface area contributed by atoms with Gasteiger partial charge in [-0.25, -0.2) is 8.78 Å². The van der Waals surface area contributed by atoms with E-state index in [9.17, 15) is 22.4 Å². The topological polar surface area (TPSA) is 106 Å². The predicted octanol–water partition coefficient (Wildman–Crippen LogP) is 5.54. The maximum absolute atomic E-state index is 16.1. The number of aromatic nitrogens is 5. The first-order valence-corrected chi connectivity index (χ1v) is 14.4. The minimum Gasteiger partial charge on any atom is -0.378 e. The quantitative estimate of drug-likeness (QED) is 0.212. The van der Waals surface area contributed by atoms with Crippen LogP contribution in [0, 0.1) is 0 Å². The molecule has 0 spiro atoms. The fourth-order valence-electron chi connectivity index (χ4n) is 5.71. The largest absolute Gasteiger partial charge is 0.406 e. The van der Waals surface area contributed by atoms with Crippen molar-refractivity contribution in [2.45, 2.75) is 70.1 Å². The molecule has 1 amide bonds. The van der Waals surface area contributed by atoms with E-state index < -0.39 is 43.1 Å². The molecule has 238 valence electrons. The van der Waals surface area contributed by atoms with Crippen molar-refractivity contribution in [2.24, 2.45) is 0 Å². The van der Waals surface area contributed by atoms with E-state index in [-0.39, 0.29) is 41.6 Å². The molecule has 0 aliphatic carbocycles. The second-order valence-electron chi connectivity index (χ2n) is 11.4. The zero-order valence-electron chi connectivity index (χ0n) is 24.7. The van der Waals surface area contributed by atoms with Gasteiger partial charge in [-0.2, -0.15) is 23.3 Å². The number of nitrogens with one attached hydrogen (secondary N) is 2. The maximum Gasteiger partial charge on any atom is 0.406 e. The number of hydrogen-bond acceptors (Lipinski definition) is 7. The van der Waals surface area contributed by atoms with Gasteiger partial charge in [-0.3, -0.25) is 9.48 Å². The monoisotopic (exact) mass is 622 g/mol. The van der Waals surface area contributed by atoms with Crippen LogP contribution in [0.1, 0.15) is 55.4 Å². The number of alkyl halides is 5. The predicted molar refractivity (Wildman–Crippen MR) is 154 cm³/mol. The lowest BCUT2D eigenvalue weighted by molar-refractivity contribution is -0.139. The average Bonchev–Trinajstić information content (AvgIpc) is 3.72. The third kappa shape index (κ3) is 6.71. The molecule has 10 nitrogen and oxygen atoms in total. The zero-order valence-corrected chi connectivity index (χ0v) is 24.7. The first-order chi connectivity index (χ1) is 20.9. The molecular weight excluding hydrogens is 587 g/mol. The molecule has 0 saturated carbocycles. The highest BCUT2D eigenvalue weighted by atomic mass is 19.4. The van der Waals surface area contributed by atoms with Gasteiger partial charge in [0.25, 0.3) is 5.91 Å². The van der Waals surface area contributed by atoms with Crippen LogP contribution in [0.25, 0.3) is 22.4 Å². The summed E-state index contributed by atoms with van der Waals surface area (Å²) in [6.45, 7) is 2.32. The van der Waals surface area contributed by atoms with Crippen LogP contribution >= 0.6 is 0 Å². The van der Waals surface area contributed by atoms with Gasteiger partial charge in [0.15, 0.2) is 0 Å². The summed E-state index contributed by atoms with van der Waals surface area (Å²) in [5.41, 5.74) is -0.474. The molecule has 2 N–H and O–H groups in total. The summed E-state index contributed by atoms with van der Waals surface area (Å²) in [6.07, 6.45) is -0.315. The smallest absolute Gasteiger partial charge is 0.378 e. The molecule has 3 atom stereocenters. The SMILES string of the molecule is CCC[C@@]1(F)CN(C)CC[C@H]1Nc1cccc2c1cc(-c1noc(CNC(=O)c3cnn(C(C)CF)c3)n1)n2CC(F)(F)F. The van der Waals surface area contributed by atoms with E-state index >= 15 is 4.39 Å². The van der Waals surface area contributed by atoms with Crippen molar-refractivity contribution in [1.29, 1.82) is 0 Å². The summed E-state index contributed by atoms with van der Waals surface area (Å²) in [6, 6.07) is 5.39. The average molecular weight is 623 g/mol. The van der Waals surface area contributed by atoms with Crippen molar-refractivity contribution in [2.75, 3.05) is 32.1 Å². The number of nitrogens with zero attached hydrogens (tertiary/aromatic N) is 6. The Morgan fingerprint density at radius 3 is 2.82 bits per heavy atom. The fourth-order valence-corrected chi connectivity index (χ4v) is 5.71. The van der Waals surface area contributed by atoms with Gasteiger partial charge in [0.1, 0.15) is 18.9 Å². The molecule has 4 aromatic rings. The summed E-state index contributed by atoms with van der Waals surface area (Å²) < 4.78 is 77.9. The lowest BCUT2D eigenvalue weighted by Crippen LogP contribution is -2.55. The van der Waals surface area contributed by atoms with Crippen molar-refractivity contribution in [1.82, 2.24) is 34.7 Å². The van der Waals surface area contributed by atoms with Crippen LogP contribution in [-0.4, -0.2) is 80.0 Å². The number of benzene rings is 1. The van der Waals surface area contributed by atoms with E-state index in [0.29, 0.717) is 36.9 Å². The molecule has 1 fully saturated rings. The highest BCUT2D eigenvalue weighted by Crippen LogP contribution is 2.37. The highest BCUT2D eigenvalue weighted by Gasteiger charge is 2.42. The standard InChI is InChI=1S/C29H35F5N8O2/c1-4-9-28(31)16-40(3)10-8-24(28)37-21-6-5-7-22-20(21)11-23(41(22)17-29(32,33)34)26-38-25(44-39-26)14-35-27(43)19-13-36-42(15-19)18(2)12-30/h5-7,11,13,15,18,24,37H,4,8-10,12,14,16-17H2,1-3H3,(H,35,43)/t18?,24-,28-/m1/s1. The number of hydrogen-bond donors (Lipinski definition) is 2. The van der Waals surface area contributed by atoms with E-state index in [4.69, 9.17) is 4.52 Å². The molecule has 1 aliphatic heterocycles. The van der Waals surface area contributed by atoms with E-state index in [0.717, 1.165) is 4.57 Å². The maximum atomic E-state index is 16.1. The summed E-state index contributed by atoms with van der Waals surface area (Å²) >= 11 is 0. The summed E-state index contributed by atoms with van der Waals surface area (Å²) in [5.74, 6) is -0.659. The Morgan fingerprint density at radius 1 is 1.30 bits per heavy atom. The molecule has 0 bridgehead atoms. The number of carbonyl (C=O) groups excluding carboxylic acids is 1. The molecule has 3 aromatic heterocycles. The third-order valence-corrected chi connectivity index (χ3v) is 7.87. The van der Waals surface area contributed by atoms with Crippen molar-refractivity contribution in [3.63, 3.8) is 0 Å². The van der Waals surface area contributed by atoms with Gasteiger partial charge in [0, 0.05) is 30.4 Å². The molecule has 15 heteroatoms. The minimum absolute atomic E-state index is 0.0341. The number of anilines is 1. The van der Waals surface area contributed by atoms with Crippen molar-refractivity contribution in [3.05, 3.63) is 48.1 Å². The Bertz CT molecular complexity index is 1600. The third-order valence-electron chi connectivity index (χ3n) is 7.87. The molecule has 1 unspecified atom stereocenters.